The van der Waals surface area contributed by atoms with Gasteiger partial charge in [-0.05, 0) is 42.5 Å². The van der Waals surface area contributed by atoms with Gasteiger partial charge in [0.05, 0.1) is 43.1 Å². The average molecular weight is 433 g/mol. The Morgan fingerprint density at radius 3 is 2.52 bits per heavy atom. The van der Waals surface area contributed by atoms with E-state index >= 15 is 0 Å². The lowest BCUT2D eigenvalue weighted by Crippen LogP contribution is -2.20. The van der Waals surface area contributed by atoms with E-state index in [0.29, 0.717) is 33.7 Å². The number of thiocarbonyl (C=S) groups is 1. The molecule has 3 aromatic rings. The molecular formula is C19H17ClN4O4S. The molecule has 0 spiro atoms. The van der Waals surface area contributed by atoms with Gasteiger partial charge in [-0.2, -0.15) is 0 Å². The molecule has 3 rings (SSSR count). The van der Waals surface area contributed by atoms with E-state index < -0.39 is 0 Å². The van der Waals surface area contributed by atoms with Crippen LogP contribution < -0.4 is 25.4 Å². The number of anilines is 3. The summed E-state index contributed by atoms with van der Waals surface area (Å²) in [5, 5.41) is 9.32. The fourth-order valence-corrected chi connectivity index (χ4v) is 2.83. The Bertz CT molecular complexity index is 1010. The van der Waals surface area contributed by atoms with E-state index in [1.165, 1.54) is 26.7 Å². The van der Waals surface area contributed by atoms with Crippen molar-refractivity contribution < 1.29 is 18.7 Å². The zero-order valence-corrected chi connectivity index (χ0v) is 17.1. The topological polar surface area (TPSA) is 97.7 Å². The van der Waals surface area contributed by atoms with Gasteiger partial charge in [-0.25, -0.2) is 4.98 Å². The van der Waals surface area contributed by atoms with Gasteiger partial charge >= 0.3 is 0 Å². The lowest BCUT2D eigenvalue weighted by Gasteiger charge is -2.15. The fraction of sp³-hybridized carbons (Fsp3) is 0.105. The van der Waals surface area contributed by atoms with E-state index in [1.807, 2.05) is 0 Å². The van der Waals surface area contributed by atoms with E-state index in [0.717, 1.165) is 0 Å². The standard InChI is InChI=1S/C19H17ClN4O4S/c1-26-15-9-16(27-2)13(8-12(15)20)23-19(29)24-17-6-5-11(10-21-17)22-18(25)14-4-3-7-28-14/h3-10H,1-2H3,(H,22,25)(H2,21,23,24,29). The number of carbonyl (C=O) groups is 1. The van der Waals surface area contributed by atoms with Crippen molar-refractivity contribution in [2.75, 3.05) is 30.2 Å². The van der Waals surface area contributed by atoms with Crippen molar-refractivity contribution in [3.8, 4) is 11.5 Å². The highest BCUT2D eigenvalue weighted by Crippen LogP contribution is 2.35. The number of nitrogens with zero attached hydrogens (tertiary/aromatic N) is 1. The highest BCUT2D eigenvalue weighted by Gasteiger charge is 2.12. The van der Waals surface area contributed by atoms with Crippen LogP contribution in [0.1, 0.15) is 10.6 Å². The van der Waals surface area contributed by atoms with Gasteiger partial charge in [-0.3, -0.25) is 4.79 Å². The third-order valence-corrected chi connectivity index (χ3v) is 4.23. The minimum absolute atomic E-state index is 0.213. The summed E-state index contributed by atoms with van der Waals surface area (Å²) in [6.07, 6.45) is 2.93. The number of hydrogen-bond acceptors (Lipinski definition) is 6. The number of nitrogens with one attached hydrogen (secondary N) is 3. The highest BCUT2D eigenvalue weighted by molar-refractivity contribution is 7.80. The van der Waals surface area contributed by atoms with Crippen LogP contribution in [-0.2, 0) is 0 Å². The molecule has 2 aromatic heterocycles. The number of benzene rings is 1. The summed E-state index contributed by atoms with van der Waals surface area (Å²) in [4.78, 5) is 16.2. The molecule has 0 atom stereocenters. The molecule has 1 aromatic carbocycles. The van der Waals surface area contributed by atoms with Crippen LogP contribution in [-0.4, -0.2) is 30.2 Å². The molecule has 0 radical (unpaired) electrons. The Morgan fingerprint density at radius 2 is 1.90 bits per heavy atom. The molecule has 29 heavy (non-hydrogen) atoms. The second-order valence-electron chi connectivity index (χ2n) is 5.63. The summed E-state index contributed by atoms with van der Waals surface area (Å²) < 4.78 is 15.5. The van der Waals surface area contributed by atoms with Crippen LogP contribution in [0.2, 0.25) is 5.02 Å². The molecule has 0 bridgehead atoms. The summed E-state index contributed by atoms with van der Waals surface area (Å²) in [6, 6.07) is 9.87. The smallest absolute Gasteiger partial charge is 0.291 e. The predicted octanol–water partition coefficient (Wildman–Crippen LogP) is 4.41. The Hall–Kier alpha value is -3.30. The van der Waals surface area contributed by atoms with Crippen LogP contribution in [0.5, 0.6) is 11.5 Å². The highest BCUT2D eigenvalue weighted by atomic mass is 35.5. The van der Waals surface area contributed by atoms with Crippen LogP contribution in [0.4, 0.5) is 17.2 Å². The van der Waals surface area contributed by atoms with Crippen molar-refractivity contribution >= 4 is 52.0 Å². The molecule has 0 unspecified atom stereocenters. The summed E-state index contributed by atoms with van der Waals surface area (Å²) in [5.74, 6) is 1.33. The SMILES string of the molecule is COc1cc(OC)c(NC(=S)Nc2ccc(NC(=O)c3ccco3)cn2)cc1Cl. The minimum atomic E-state index is -0.363. The van der Waals surface area contributed by atoms with Gasteiger partial charge in [0.2, 0.25) is 0 Å². The summed E-state index contributed by atoms with van der Waals surface area (Å²) in [5.41, 5.74) is 1.08. The quantitative estimate of drug-likeness (QED) is 0.493. The number of rotatable bonds is 6. The van der Waals surface area contributed by atoms with Crippen LogP contribution in [0.15, 0.2) is 53.3 Å². The van der Waals surface area contributed by atoms with Crippen LogP contribution in [0, 0.1) is 0 Å². The maximum absolute atomic E-state index is 12.0. The Morgan fingerprint density at radius 1 is 1.10 bits per heavy atom. The number of halogens is 1. The van der Waals surface area contributed by atoms with Crippen LogP contribution in [0.25, 0.3) is 0 Å². The first-order valence-electron chi connectivity index (χ1n) is 8.30. The summed E-state index contributed by atoms with van der Waals surface area (Å²) >= 11 is 11.5. The first-order chi connectivity index (χ1) is 14.0. The Labute approximate surface area is 177 Å². The predicted molar refractivity (Wildman–Crippen MR) is 115 cm³/mol. The number of ether oxygens (including phenoxy) is 2. The normalized spacial score (nSPS) is 10.2. The van der Waals surface area contributed by atoms with Gasteiger partial charge < -0.3 is 29.8 Å². The summed E-state index contributed by atoms with van der Waals surface area (Å²) in [6.45, 7) is 0. The molecule has 8 nitrogen and oxygen atoms in total. The van der Waals surface area contributed by atoms with Crippen molar-refractivity contribution in [2.45, 2.75) is 0 Å². The maximum Gasteiger partial charge on any atom is 0.291 e. The van der Waals surface area contributed by atoms with Crippen molar-refractivity contribution in [3.63, 3.8) is 0 Å². The lowest BCUT2D eigenvalue weighted by molar-refractivity contribution is 0.0996. The second-order valence-corrected chi connectivity index (χ2v) is 6.45. The van der Waals surface area contributed by atoms with Crippen molar-refractivity contribution in [2.24, 2.45) is 0 Å². The van der Waals surface area contributed by atoms with E-state index in [1.54, 1.807) is 36.4 Å². The van der Waals surface area contributed by atoms with E-state index in [4.69, 9.17) is 37.7 Å². The van der Waals surface area contributed by atoms with Gasteiger partial charge in [0, 0.05) is 6.07 Å². The molecule has 0 fully saturated rings. The molecular weight excluding hydrogens is 416 g/mol. The first-order valence-corrected chi connectivity index (χ1v) is 9.09. The molecule has 3 N–H and O–H groups in total. The molecule has 0 aliphatic carbocycles. The molecule has 2 heterocycles. The van der Waals surface area contributed by atoms with Crippen molar-refractivity contribution in [1.29, 1.82) is 0 Å². The van der Waals surface area contributed by atoms with Crippen molar-refractivity contribution in [3.05, 3.63) is 59.6 Å². The van der Waals surface area contributed by atoms with E-state index in [2.05, 4.69) is 20.9 Å². The molecule has 1 amide bonds. The number of amides is 1. The minimum Gasteiger partial charge on any atom is -0.495 e. The van der Waals surface area contributed by atoms with E-state index in [9.17, 15) is 4.79 Å². The zero-order valence-electron chi connectivity index (χ0n) is 15.5. The number of hydrogen-bond donors (Lipinski definition) is 3. The molecule has 0 saturated carbocycles. The number of pyridine rings is 1. The first kappa shape index (κ1) is 20.4. The van der Waals surface area contributed by atoms with Crippen molar-refractivity contribution in [1.82, 2.24) is 4.98 Å². The number of aromatic nitrogens is 1. The zero-order chi connectivity index (χ0) is 20.8. The molecule has 0 aliphatic rings. The number of methoxy groups -OCH3 is 2. The third kappa shape index (κ3) is 5.15. The average Bonchev–Trinajstić information content (AvgIpc) is 3.25. The Kier molecular flexibility index (Phi) is 6.53. The van der Waals surface area contributed by atoms with Gasteiger partial charge in [0.25, 0.3) is 5.91 Å². The van der Waals surface area contributed by atoms with Crippen LogP contribution >= 0.6 is 23.8 Å². The second kappa shape index (κ2) is 9.26. The van der Waals surface area contributed by atoms with Gasteiger partial charge in [-0.15, -0.1) is 0 Å². The molecule has 10 heteroatoms. The number of furan rings is 1. The Balaban J connectivity index is 1.62. The maximum atomic E-state index is 12.0. The summed E-state index contributed by atoms with van der Waals surface area (Å²) in [7, 11) is 3.05. The van der Waals surface area contributed by atoms with Gasteiger partial charge in [0.15, 0.2) is 10.9 Å². The largest absolute Gasteiger partial charge is 0.495 e. The van der Waals surface area contributed by atoms with Crippen LogP contribution in [0.3, 0.4) is 0 Å². The molecule has 150 valence electrons. The molecule has 0 saturated heterocycles. The molecule has 0 aliphatic heterocycles. The van der Waals surface area contributed by atoms with E-state index in [-0.39, 0.29) is 16.8 Å². The lowest BCUT2D eigenvalue weighted by atomic mass is 10.2. The third-order valence-electron chi connectivity index (χ3n) is 3.73. The van der Waals surface area contributed by atoms with Gasteiger partial charge in [-0.1, -0.05) is 11.6 Å². The number of carbonyl (C=O) groups excluding carboxylic acids is 1. The monoisotopic (exact) mass is 432 g/mol. The fourth-order valence-electron chi connectivity index (χ4n) is 2.37. The van der Waals surface area contributed by atoms with Gasteiger partial charge in [0.1, 0.15) is 17.3 Å².